The number of furan rings is 1. The highest BCUT2D eigenvalue weighted by molar-refractivity contribution is 7.14. The van der Waals surface area contributed by atoms with Gasteiger partial charge >= 0.3 is 0 Å². The van der Waals surface area contributed by atoms with E-state index < -0.39 is 0 Å². The highest BCUT2D eigenvalue weighted by Crippen LogP contribution is 2.25. The van der Waals surface area contributed by atoms with Crippen molar-refractivity contribution in [2.45, 2.75) is 13.0 Å². The zero-order valence-electron chi connectivity index (χ0n) is 13.9. The van der Waals surface area contributed by atoms with Crippen LogP contribution in [0.25, 0.3) is 22.5 Å². The molecule has 3 N–H and O–H groups in total. The number of amides is 1. The lowest BCUT2D eigenvalue weighted by Crippen LogP contribution is -2.11. The van der Waals surface area contributed by atoms with Crippen LogP contribution in [0.3, 0.4) is 0 Å². The van der Waals surface area contributed by atoms with Crippen LogP contribution in [-0.4, -0.2) is 27.0 Å². The number of hydrogen-bond donors (Lipinski definition) is 2. The second kappa shape index (κ2) is 7.11. The normalized spacial score (nSPS) is 11.1. The highest BCUT2D eigenvalue weighted by Gasteiger charge is 2.13. The molecule has 1 amide bonds. The third kappa shape index (κ3) is 3.24. The molecule has 0 unspecified atom stereocenters. The van der Waals surface area contributed by atoms with Crippen molar-refractivity contribution in [3.63, 3.8) is 0 Å². The number of thiazole rings is 1. The molecule has 0 radical (unpaired) electrons. The Kier molecular flexibility index (Phi) is 4.51. The summed E-state index contributed by atoms with van der Waals surface area (Å²) < 4.78 is 7.36. The standard InChI is InChI=1S/C18H17N5O2S/c19-6-2-7-23-11-20-13-9-12(4-5-15(13)23)17(24)22-18-21-14(10-26-18)16-3-1-8-25-16/h1,3-5,8-11H,2,6-7,19H2,(H,21,22,24). The van der Waals surface area contributed by atoms with Crippen molar-refractivity contribution >= 4 is 33.4 Å². The fraction of sp³-hybridized carbons (Fsp3) is 0.167. The van der Waals surface area contributed by atoms with E-state index in [0.29, 0.717) is 28.7 Å². The first-order chi connectivity index (χ1) is 12.7. The van der Waals surface area contributed by atoms with Gasteiger partial charge in [-0.15, -0.1) is 11.3 Å². The van der Waals surface area contributed by atoms with E-state index in [9.17, 15) is 4.79 Å². The third-order valence-corrected chi connectivity index (χ3v) is 4.74. The summed E-state index contributed by atoms with van der Waals surface area (Å²) in [5, 5.41) is 5.19. The van der Waals surface area contributed by atoms with Crippen LogP contribution < -0.4 is 11.1 Å². The number of nitrogens with two attached hydrogens (primary N) is 1. The number of aryl methyl sites for hydroxylation is 1. The van der Waals surface area contributed by atoms with Crippen molar-refractivity contribution in [1.82, 2.24) is 14.5 Å². The Hall–Kier alpha value is -2.97. The van der Waals surface area contributed by atoms with Gasteiger partial charge in [-0.1, -0.05) is 0 Å². The number of nitrogens with zero attached hydrogens (tertiary/aromatic N) is 3. The number of benzene rings is 1. The SMILES string of the molecule is NCCCn1cnc2cc(C(=O)Nc3nc(-c4ccco4)cs3)ccc21. The summed E-state index contributed by atoms with van der Waals surface area (Å²) in [6.45, 7) is 1.45. The van der Waals surface area contributed by atoms with E-state index in [1.807, 2.05) is 22.1 Å². The fourth-order valence-corrected chi connectivity index (χ4v) is 3.38. The van der Waals surface area contributed by atoms with Gasteiger partial charge in [0.25, 0.3) is 5.91 Å². The number of carbonyl (C=O) groups excluding carboxylic acids is 1. The Labute approximate surface area is 153 Å². The molecule has 132 valence electrons. The summed E-state index contributed by atoms with van der Waals surface area (Å²) in [5.74, 6) is 0.454. The van der Waals surface area contributed by atoms with Gasteiger partial charge in [0, 0.05) is 17.5 Å². The second-order valence-electron chi connectivity index (χ2n) is 5.75. The Morgan fingerprint density at radius 2 is 2.27 bits per heavy atom. The molecule has 4 rings (SSSR count). The second-order valence-corrected chi connectivity index (χ2v) is 6.61. The molecule has 7 nitrogen and oxygen atoms in total. The maximum absolute atomic E-state index is 12.5. The maximum Gasteiger partial charge on any atom is 0.257 e. The molecule has 3 heterocycles. The van der Waals surface area contributed by atoms with Crippen LogP contribution >= 0.6 is 11.3 Å². The minimum Gasteiger partial charge on any atom is -0.463 e. The van der Waals surface area contributed by atoms with Crippen LogP contribution in [0.5, 0.6) is 0 Å². The molecule has 3 aromatic heterocycles. The lowest BCUT2D eigenvalue weighted by atomic mass is 10.2. The Bertz CT molecular complexity index is 1040. The molecule has 8 heteroatoms. The molecule has 0 bridgehead atoms. The zero-order chi connectivity index (χ0) is 17.9. The van der Waals surface area contributed by atoms with Gasteiger partial charge in [-0.3, -0.25) is 10.1 Å². The molecular weight excluding hydrogens is 350 g/mol. The van der Waals surface area contributed by atoms with Crippen molar-refractivity contribution in [3.05, 3.63) is 53.9 Å². The molecule has 26 heavy (non-hydrogen) atoms. The average molecular weight is 367 g/mol. The van der Waals surface area contributed by atoms with Crippen LogP contribution in [0.4, 0.5) is 5.13 Å². The van der Waals surface area contributed by atoms with Crippen LogP contribution in [0.15, 0.2) is 52.7 Å². The van der Waals surface area contributed by atoms with Gasteiger partial charge in [-0.2, -0.15) is 0 Å². The van der Waals surface area contributed by atoms with Gasteiger partial charge in [-0.25, -0.2) is 9.97 Å². The van der Waals surface area contributed by atoms with Crippen molar-refractivity contribution in [2.75, 3.05) is 11.9 Å². The predicted molar refractivity (Wildman–Crippen MR) is 101 cm³/mol. The number of nitrogens with one attached hydrogen (secondary N) is 1. The summed E-state index contributed by atoms with van der Waals surface area (Å²) >= 11 is 1.35. The number of carbonyl (C=O) groups is 1. The summed E-state index contributed by atoms with van der Waals surface area (Å²) in [5.41, 5.74) is 8.57. The fourth-order valence-electron chi connectivity index (χ4n) is 2.68. The molecule has 1 aromatic carbocycles. The van der Waals surface area contributed by atoms with Crippen molar-refractivity contribution in [3.8, 4) is 11.5 Å². The lowest BCUT2D eigenvalue weighted by molar-refractivity contribution is 0.102. The number of fused-ring (bicyclic) bond motifs is 1. The molecule has 0 saturated carbocycles. The van der Waals surface area contributed by atoms with Crippen LogP contribution in [0.2, 0.25) is 0 Å². The molecular formula is C18H17N5O2S. The molecule has 0 aliphatic heterocycles. The topological polar surface area (TPSA) is 99.0 Å². The summed E-state index contributed by atoms with van der Waals surface area (Å²) in [6.07, 6.45) is 4.25. The first-order valence-electron chi connectivity index (χ1n) is 8.20. The quantitative estimate of drug-likeness (QED) is 0.544. The largest absolute Gasteiger partial charge is 0.463 e. The number of rotatable bonds is 6. The molecule has 0 saturated heterocycles. The maximum atomic E-state index is 12.5. The molecule has 0 atom stereocenters. The van der Waals surface area contributed by atoms with E-state index >= 15 is 0 Å². The van der Waals surface area contributed by atoms with Gasteiger partial charge in [0.15, 0.2) is 10.9 Å². The van der Waals surface area contributed by atoms with E-state index in [1.54, 1.807) is 30.8 Å². The average Bonchev–Trinajstić information content (AvgIpc) is 3.39. The zero-order valence-corrected chi connectivity index (χ0v) is 14.7. The van der Waals surface area contributed by atoms with Crippen molar-refractivity contribution in [1.29, 1.82) is 0 Å². The van der Waals surface area contributed by atoms with E-state index in [-0.39, 0.29) is 5.91 Å². The number of anilines is 1. The first-order valence-corrected chi connectivity index (χ1v) is 9.08. The smallest absolute Gasteiger partial charge is 0.257 e. The molecule has 0 aliphatic rings. The van der Waals surface area contributed by atoms with E-state index in [1.165, 1.54) is 11.3 Å². The van der Waals surface area contributed by atoms with Gasteiger partial charge in [0.05, 0.1) is 23.6 Å². The summed E-state index contributed by atoms with van der Waals surface area (Å²) in [7, 11) is 0. The molecule has 0 spiro atoms. The highest BCUT2D eigenvalue weighted by atomic mass is 32.1. The molecule has 0 aliphatic carbocycles. The molecule has 4 aromatic rings. The van der Waals surface area contributed by atoms with Crippen LogP contribution in [0, 0.1) is 0 Å². The van der Waals surface area contributed by atoms with E-state index in [4.69, 9.17) is 10.2 Å². The van der Waals surface area contributed by atoms with Crippen molar-refractivity contribution in [2.24, 2.45) is 5.73 Å². The Morgan fingerprint density at radius 3 is 3.08 bits per heavy atom. The predicted octanol–water partition coefficient (Wildman–Crippen LogP) is 3.35. The first kappa shape index (κ1) is 16.5. The summed E-state index contributed by atoms with van der Waals surface area (Å²) in [6, 6.07) is 9.11. The van der Waals surface area contributed by atoms with E-state index in [0.717, 1.165) is 24.0 Å². The van der Waals surface area contributed by atoms with Gasteiger partial charge in [0.1, 0.15) is 5.69 Å². The Morgan fingerprint density at radius 1 is 1.35 bits per heavy atom. The minimum absolute atomic E-state index is 0.219. The van der Waals surface area contributed by atoms with Gasteiger partial charge in [0.2, 0.25) is 0 Å². The van der Waals surface area contributed by atoms with Crippen LogP contribution in [0.1, 0.15) is 16.8 Å². The van der Waals surface area contributed by atoms with Gasteiger partial charge < -0.3 is 14.7 Å². The van der Waals surface area contributed by atoms with Crippen LogP contribution in [-0.2, 0) is 6.54 Å². The van der Waals surface area contributed by atoms with Gasteiger partial charge in [-0.05, 0) is 43.3 Å². The molecule has 0 fully saturated rings. The summed E-state index contributed by atoms with van der Waals surface area (Å²) in [4.78, 5) is 21.3. The Balaban J connectivity index is 1.51. The third-order valence-electron chi connectivity index (χ3n) is 3.98. The van der Waals surface area contributed by atoms with Crippen molar-refractivity contribution < 1.29 is 9.21 Å². The van der Waals surface area contributed by atoms with E-state index in [2.05, 4.69) is 15.3 Å². The number of imidazole rings is 1. The monoisotopic (exact) mass is 367 g/mol. The lowest BCUT2D eigenvalue weighted by Gasteiger charge is -2.04. The number of hydrogen-bond acceptors (Lipinski definition) is 6. The minimum atomic E-state index is -0.219. The number of aromatic nitrogens is 3.